The van der Waals surface area contributed by atoms with E-state index in [-0.39, 0.29) is 16.2 Å². The van der Waals surface area contributed by atoms with Crippen LogP contribution in [0.1, 0.15) is 22.8 Å². The van der Waals surface area contributed by atoms with Crippen LogP contribution in [0.3, 0.4) is 0 Å². The molecule has 9 heteroatoms. The van der Waals surface area contributed by atoms with E-state index in [0.717, 1.165) is 39.3 Å². The summed E-state index contributed by atoms with van der Waals surface area (Å²) in [5.74, 6) is -0.214. The van der Waals surface area contributed by atoms with Gasteiger partial charge in [-0.05, 0) is 49.5 Å². The van der Waals surface area contributed by atoms with Crippen molar-refractivity contribution in [1.82, 2.24) is 14.5 Å². The Labute approximate surface area is 184 Å². The molecule has 0 atom stereocenters. The van der Waals surface area contributed by atoms with Gasteiger partial charge in [0.2, 0.25) is 10.0 Å². The molecule has 0 aliphatic carbocycles. The molecule has 2 aromatic rings. The molecule has 0 aromatic heterocycles. The molecule has 168 valence electrons. The zero-order chi connectivity index (χ0) is 22.4. The number of rotatable bonds is 8. The van der Waals surface area contributed by atoms with Gasteiger partial charge in [0.1, 0.15) is 10.6 Å². The summed E-state index contributed by atoms with van der Waals surface area (Å²) in [6.45, 7) is 8.47. The highest BCUT2D eigenvalue weighted by Gasteiger charge is 2.20. The number of amides is 1. The van der Waals surface area contributed by atoms with E-state index in [9.17, 15) is 13.2 Å². The Hall–Kier alpha value is -2.46. The van der Waals surface area contributed by atoms with Gasteiger partial charge in [0.05, 0.1) is 7.11 Å². The molecule has 3 rings (SSSR count). The van der Waals surface area contributed by atoms with Crippen LogP contribution in [-0.2, 0) is 16.6 Å². The molecule has 0 radical (unpaired) electrons. The van der Waals surface area contributed by atoms with E-state index in [0.29, 0.717) is 5.69 Å². The van der Waals surface area contributed by atoms with Crippen LogP contribution >= 0.6 is 0 Å². The summed E-state index contributed by atoms with van der Waals surface area (Å²) < 4.78 is 31.8. The molecule has 2 aromatic carbocycles. The van der Waals surface area contributed by atoms with Crippen molar-refractivity contribution in [2.45, 2.75) is 18.4 Å². The summed E-state index contributed by atoms with van der Waals surface area (Å²) in [4.78, 5) is 17.5. The van der Waals surface area contributed by atoms with Crippen molar-refractivity contribution in [2.24, 2.45) is 0 Å². The number of nitrogens with one attached hydrogen (secondary N) is 2. The zero-order valence-corrected chi connectivity index (χ0v) is 19.0. The maximum Gasteiger partial charge on any atom is 0.255 e. The Bertz CT molecular complexity index is 1000. The molecule has 1 aliphatic rings. The van der Waals surface area contributed by atoms with Crippen LogP contribution < -0.4 is 14.8 Å². The van der Waals surface area contributed by atoms with Gasteiger partial charge in [-0.15, -0.1) is 0 Å². The number of likely N-dealkylation sites (N-methyl/N-ethyl adjacent to an activating group) is 1. The lowest BCUT2D eigenvalue weighted by molar-refractivity contribution is 0.102. The number of piperazine rings is 1. The van der Waals surface area contributed by atoms with E-state index >= 15 is 0 Å². The van der Waals surface area contributed by atoms with E-state index < -0.39 is 15.9 Å². The largest absolute Gasteiger partial charge is 0.495 e. The number of sulfonamides is 1. The highest BCUT2D eigenvalue weighted by Crippen LogP contribution is 2.25. The molecule has 8 nitrogen and oxygen atoms in total. The van der Waals surface area contributed by atoms with Crippen LogP contribution in [-0.4, -0.2) is 71.0 Å². The van der Waals surface area contributed by atoms with Crippen LogP contribution in [0.4, 0.5) is 5.69 Å². The zero-order valence-electron chi connectivity index (χ0n) is 18.2. The molecule has 31 heavy (non-hydrogen) atoms. The number of carbonyl (C=O) groups is 1. The first-order chi connectivity index (χ1) is 14.9. The fourth-order valence-electron chi connectivity index (χ4n) is 3.56. The first-order valence-electron chi connectivity index (χ1n) is 10.3. The minimum absolute atomic E-state index is 0.0799. The second kappa shape index (κ2) is 10.2. The molecule has 1 saturated heterocycles. The molecule has 2 N–H and O–H groups in total. The maximum absolute atomic E-state index is 12.7. The Morgan fingerprint density at radius 3 is 2.26 bits per heavy atom. The lowest BCUT2D eigenvalue weighted by Crippen LogP contribution is -2.45. The summed E-state index contributed by atoms with van der Waals surface area (Å²) >= 11 is 0. The third-order valence-electron chi connectivity index (χ3n) is 5.51. The van der Waals surface area contributed by atoms with Gasteiger partial charge in [-0.2, -0.15) is 0 Å². The number of hydrogen-bond donors (Lipinski definition) is 2. The van der Waals surface area contributed by atoms with E-state index in [1.807, 2.05) is 24.3 Å². The van der Waals surface area contributed by atoms with Gasteiger partial charge in [-0.1, -0.05) is 19.1 Å². The van der Waals surface area contributed by atoms with Gasteiger partial charge >= 0.3 is 0 Å². The monoisotopic (exact) mass is 446 g/mol. The van der Waals surface area contributed by atoms with Crippen molar-refractivity contribution >= 4 is 21.6 Å². The number of hydrogen-bond acceptors (Lipinski definition) is 6. The van der Waals surface area contributed by atoms with Crippen LogP contribution in [0, 0.1) is 0 Å². The molecule has 1 aliphatic heterocycles. The van der Waals surface area contributed by atoms with Crippen LogP contribution in [0.15, 0.2) is 47.4 Å². The van der Waals surface area contributed by atoms with Gasteiger partial charge < -0.3 is 15.0 Å². The molecule has 0 saturated carbocycles. The fraction of sp³-hybridized carbons (Fsp3) is 0.409. The smallest absolute Gasteiger partial charge is 0.255 e. The normalized spacial score (nSPS) is 15.6. The molecule has 1 fully saturated rings. The number of carbonyl (C=O) groups excluding carboxylic acids is 1. The van der Waals surface area contributed by atoms with E-state index in [1.165, 1.54) is 37.9 Å². The van der Waals surface area contributed by atoms with E-state index in [2.05, 4.69) is 26.8 Å². The minimum atomic E-state index is -3.76. The van der Waals surface area contributed by atoms with Crippen LogP contribution in [0.2, 0.25) is 0 Å². The second-order valence-corrected chi connectivity index (χ2v) is 9.29. The summed E-state index contributed by atoms with van der Waals surface area (Å²) in [5.41, 5.74) is 2.07. The van der Waals surface area contributed by atoms with Crippen molar-refractivity contribution < 1.29 is 17.9 Å². The Balaban J connectivity index is 1.65. The standard InChI is InChI=1S/C22H30N4O4S/c1-4-25-11-13-26(14-12-25)16-17-5-8-19(9-6-17)24-22(27)18-7-10-20(30-3)21(15-18)31(28,29)23-2/h5-10,15,23H,4,11-14,16H2,1-3H3,(H,24,27). The number of nitrogens with zero attached hydrogens (tertiary/aromatic N) is 2. The van der Waals surface area contributed by atoms with Crippen LogP contribution in [0.5, 0.6) is 5.75 Å². The molecule has 1 amide bonds. The number of anilines is 1. The lowest BCUT2D eigenvalue weighted by atomic mass is 10.1. The topological polar surface area (TPSA) is 91.0 Å². The summed E-state index contributed by atoms with van der Waals surface area (Å²) in [6, 6.07) is 12.1. The van der Waals surface area contributed by atoms with E-state index in [4.69, 9.17) is 4.74 Å². The highest BCUT2D eigenvalue weighted by atomic mass is 32.2. The predicted molar refractivity (Wildman–Crippen MR) is 121 cm³/mol. The average molecular weight is 447 g/mol. The summed E-state index contributed by atoms with van der Waals surface area (Å²) in [5, 5.41) is 2.82. The van der Waals surface area contributed by atoms with Crippen molar-refractivity contribution in [3.05, 3.63) is 53.6 Å². The summed E-state index contributed by atoms with van der Waals surface area (Å²) in [6.07, 6.45) is 0. The Morgan fingerprint density at radius 1 is 1.03 bits per heavy atom. The van der Waals surface area contributed by atoms with Crippen molar-refractivity contribution in [3.63, 3.8) is 0 Å². The SMILES string of the molecule is CCN1CCN(Cc2ccc(NC(=O)c3ccc(OC)c(S(=O)(=O)NC)c3)cc2)CC1. The van der Waals surface area contributed by atoms with E-state index in [1.54, 1.807) is 0 Å². The Kier molecular flexibility index (Phi) is 7.66. The van der Waals surface area contributed by atoms with Gasteiger partial charge in [-0.3, -0.25) is 9.69 Å². The fourth-order valence-corrected chi connectivity index (χ4v) is 4.47. The van der Waals surface area contributed by atoms with Crippen LogP contribution in [0.25, 0.3) is 0 Å². The number of ether oxygens (including phenoxy) is 1. The minimum Gasteiger partial charge on any atom is -0.495 e. The van der Waals surface area contributed by atoms with Crippen molar-refractivity contribution in [3.8, 4) is 5.75 Å². The third kappa shape index (κ3) is 5.82. The number of benzene rings is 2. The summed E-state index contributed by atoms with van der Waals surface area (Å²) in [7, 11) is -1.06. The van der Waals surface area contributed by atoms with Gasteiger partial charge in [0.25, 0.3) is 5.91 Å². The lowest BCUT2D eigenvalue weighted by Gasteiger charge is -2.34. The highest BCUT2D eigenvalue weighted by molar-refractivity contribution is 7.89. The van der Waals surface area contributed by atoms with Crippen molar-refractivity contribution in [2.75, 3.05) is 52.2 Å². The molecule has 0 spiro atoms. The second-order valence-electron chi connectivity index (χ2n) is 7.43. The first-order valence-corrected chi connectivity index (χ1v) is 11.8. The molecule has 1 heterocycles. The first kappa shape index (κ1) is 23.2. The third-order valence-corrected chi connectivity index (χ3v) is 6.95. The molecule has 0 unspecified atom stereocenters. The molecular weight excluding hydrogens is 416 g/mol. The van der Waals surface area contributed by atoms with Gasteiger partial charge in [0.15, 0.2) is 0 Å². The maximum atomic E-state index is 12.7. The number of methoxy groups -OCH3 is 1. The Morgan fingerprint density at radius 2 is 1.68 bits per heavy atom. The quantitative estimate of drug-likeness (QED) is 0.645. The molecular formula is C22H30N4O4S. The molecule has 0 bridgehead atoms. The average Bonchev–Trinajstić information content (AvgIpc) is 2.80. The van der Waals surface area contributed by atoms with Gasteiger partial charge in [-0.25, -0.2) is 13.1 Å². The van der Waals surface area contributed by atoms with Crippen molar-refractivity contribution in [1.29, 1.82) is 0 Å². The predicted octanol–water partition coefficient (Wildman–Crippen LogP) is 1.99. The van der Waals surface area contributed by atoms with Gasteiger partial charge in [0, 0.05) is 44.0 Å².